The Morgan fingerprint density at radius 3 is 2.38 bits per heavy atom. The molecule has 2 N–H and O–H groups in total. The minimum atomic E-state index is -0.495. The maximum absolute atomic E-state index is 12.9. The molecule has 3 aromatic rings. The molecule has 12 nitrogen and oxygen atoms in total. The third kappa shape index (κ3) is 5.60. The first-order valence-electron chi connectivity index (χ1n) is 13.2. The Hall–Kier alpha value is -3.55. The maximum atomic E-state index is 12.9. The molecule has 0 radical (unpaired) electrons. The number of nitrogens with two attached hydrogens (primary N) is 1. The normalized spacial score (nSPS) is 19.7. The molecule has 3 fully saturated rings. The number of carbonyl (C=O) groups excluding carboxylic acids is 3. The lowest BCUT2D eigenvalue weighted by atomic mass is 9.86. The number of Topliss-reactive ketones (excluding diaryl/α,β-unsaturated/α-hetero) is 2. The Balaban J connectivity index is 1.18. The Morgan fingerprint density at radius 1 is 1.00 bits per heavy atom. The number of aromatic nitrogens is 4. The van der Waals surface area contributed by atoms with E-state index in [2.05, 4.69) is 25.8 Å². The van der Waals surface area contributed by atoms with Gasteiger partial charge in [-0.1, -0.05) is 0 Å². The van der Waals surface area contributed by atoms with Gasteiger partial charge in [-0.3, -0.25) is 19.3 Å². The van der Waals surface area contributed by atoms with Gasteiger partial charge in [0.15, 0.2) is 11.6 Å². The molecule has 204 valence electrons. The topological polar surface area (TPSA) is 148 Å². The van der Waals surface area contributed by atoms with E-state index in [-0.39, 0.29) is 42.7 Å². The zero-order valence-electron chi connectivity index (χ0n) is 21.5. The minimum Gasteiger partial charge on any atom is -0.378 e. The van der Waals surface area contributed by atoms with Crippen LogP contribution in [-0.2, 0) is 25.7 Å². The number of fused-ring (bicyclic) bond motifs is 1. The summed E-state index contributed by atoms with van der Waals surface area (Å²) in [5.74, 6) is 0.833. The lowest BCUT2D eigenvalue weighted by Gasteiger charge is -2.36. The number of morpholine rings is 1. The van der Waals surface area contributed by atoms with Gasteiger partial charge in [-0.15, -0.1) is 11.3 Å². The SMILES string of the molecule is Nc1ncc(-c2nc(N3CCOCC3)c3sc(CN4CCN(C(=O)C5CC(=O)CC(=O)C5)CC4)cc3n2)cn1. The largest absolute Gasteiger partial charge is 0.378 e. The van der Waals surface area contributed by atoms with Crippen molar-refractivity contribution < 1.29 is 19.1 Å². The summed E-state index contributed by atoms with van der Waals surface area (Å²) in [6.07, 6.45) is 3.62. The molecule has 3 aromatic heterocycles. The average Bonchev–Trinajstić information content (AvgIpc) is 3.35. The van der Waals surface area contributed by atoms with Crippen molar-refractivity contribution in [2.45, 2.75) is 25.8 Å². The summed E-state index contributed by atoms with van der Waals surface area (Å²) in [5.41, 5.74) is 7.25. The van der Waals surface area contributed by atoms with Crippen molar-refractivity contribution in [3.05, 3.63) is 23.3 Å². The summed E-state index contributed by atoms with van der Waals surface area (Å²) < 4.78 is 6.59. The van der Waals surface area contributed by atoms with E-state index >= 15 is 0 Å². The van der Waals surface area contributed by atoms with Crippen molar-refractivity contribution in [2.75, 3.05) is 63.1 Å². The number of carbonyl (C=O) groups is 3. The van der Waals surface area contributed by atoms with E-state index in [1.165, 1.54) is 4.88 Å². The van der Waals surface area contributed by atoms with E-state index in [4.69, 9.17) is 20.4 Å². The van der Waals surface area contributed by atoms with Gasteiger partial charge in [0.05, 0.1) is 41.3 Å². The lowest BCUT2D eigenvalue weighted by Crippen LogP contribution is -2.50. The molecule has 13 heteroatoms. The van der Waals surface area contributed by atoms with E-state index in [1.54, 1.807) is 28.6 Å². The van der Waals surface area contributed by atoms with Crippen LogP contribution >= 0.6 is 11.3 Å². The molecule has 5 heterocycles. The minimum absolute atomic E-state index is 0.0282. The molecule has 0 spiro atoms. The molecule has 1 saturated carbocycles. The molecular formula is C26H30N8O4S. The van der Waals surface area contributed by atoms with Gasteiger partial charge in [0, 0.05) is 75.9 Å². The second-order valence-corrected chi connectivity index (χ2v) is 11.3. The highest BCUT2D eigenvalue weighted by Gasteiger charge is 2.34. The number of ether oxygens (including phenoxy) is 1. The quantitative estimate of drug-likeness (QED) is 0.456. The standard InChI is InChI=1S/C26H30N8O4S/c27-26-28-13-17(14-29-26)23-30-21-12-20(39-22(21)24(31-23)33-5-7-38-8-6-33)15-32-1-3-34(4-2-32)25(37)16-9-18(35)11-19(36)10-16/h12-14,16H,1-11,15H2,(H2,27,28,29). The van der Waals surface area contributed by atoms with Gasteiger partial charge < -0.3 is 20.3 Å². The fourth-order valence-electron chi connectivity index (χ4n) is 5.38. The van der Waals surface area contributed by atoms with Gasteiger partial charge in [-0.05, 0) is 6.07 Å². The smallest absolute Gasteiger partial charge is 0.226 e. The van der Waals surface area contributed by atoms with Crippen LogP contribution in [0.25, 0.3) is 21.6 Å². The Morgan fingerprint density at radius 2 is 1.69 bits per heavy atom. The number of piperazine rings is 1. The molecular weight excluding hydrogens is 520 g/mol. The highest BCUT2D eigenvalue weighted by molar-refractivity contribution is 7.19. The summed E-state index contributed by atoms with van der Waals surface area (Å²) in [4.78, 5) is 62.1. The van der Waals surface area contributed by atoms with Crippen molar-refractivity contribution >= 4 is 50.8 Å². The van der Waals surface area contributed by atoms with E-state index in [1.807, 2.05) is 0 Å². The van der Waals surface area contributed by atoms with Crippen LogP contribution in [0, 0.1) is 5.92 Å². The number of rotatable bonds is 5. The summed E-state index contributed by atoms with van der Waals surface area (Å²) >= 11 is 1.69. The zero-order chi connectivity index (χ0) is 26.9. The summed E-state index contributed by atoms with van der Waals surface area (Å²) in [5, 5.41) is 0. The number of hydrogen-bond donors (Lipinski definition) is 1. The highest BCUT2D eigenvalue weighted by Crippen LogP contribution is 2.35. The number of amides is 1. The van der Waals surface area contributed by atoms with Crippen molar-refractivity contribution in [2.24, 2.45) is 5.92 Å². The predicted octanol–water partition coefficient (Wildman–Crippen LogP) is 1.15. The van der Waals surface area contributed by atoms with Crippen LogP contribution in [0.1, 0.15) is 24.1 Å². The number of anilines is 2. The number of nitrogen functional groups attached to an aromatic ring is 1. The van der Waals surface area contributed by atoms with Gasteiger partial charge >= 0.3 is 0 Å². The van der Waals surface area contributed by atoms with E-state index < -0.39 is 5.92 Å². The number of nitrogens with zero attached hydrogens (tertiary/aromatic N) is 7. The van der Waals surface area contributed by atoms with Crippen molar-refractivity contribution in [3.63, 3.8) is 0 Å². The molecule has 39 heavy (non-hydrogen) atoms. The fraction of sp³-hybridized carbons (Fsp3) is 0.500. The second-order valence-electron chi connectivity index (χ2n) is 10.2. The Kier molecular flexibility index (Phi) is 7.19. The van der Waals surface area contributed by atoms with Crippen LogP contribution in [0.4, 0.5) is 11.8 Å². The third-order valence-corrected chi connectivity index (χ3v) is 8.51. The van der Waals surface area contributed by atoms with Crippen LogP contribution in [0.3, 0.4) is 0 Å². The van der Waals surface area contributed by atoms with Crippen LogP contribution in [-0.4, -0.2) is 99.7 Å². The summed E-state index contributed by atoms with van der Waals surface area (Å²) in [7, 11) is 0. The summed E-state index contributed by atoms with van der Waals surface area (Å²) in [6.45, 7) is 6.18. The van der Waals surface area contributed by atoms with E-state index in [9.17, 15) is 14.4 Å². The first kappa shape index (κ1) is 25.7. The Bertz CT molecular complexity index is 1380. The third-order valence-electron chi connectivity index (χ3n) is 7.40. The second kappa shape index (κ2) is 10.9. The van der Waals surface area contributed by atoms with Crippen LogP contribution in [0.5, 0.6) is 0 Å². The van der Waals surface area contributed by atoms with Gasteiger partial charge in [-0.25, -0.2) is 19.9 Å². The Labute approximate surface area is 229 Å². The molecule has 1 amide bonds. The van der Waals surface area contributed by atoms with Crippen LogP contribution in [0.15, 0.2) is 18.5 Å². The van der Waals surface area contributed by atoms with Crippen molar-refractivity contribution in [3.8, 4) is 11.4 Å². The summed E-state index contributed by atoms with van der Waals surface area (Å²) in [6, 6.07) is 2.12. The molecule has 0 aromatic carbocycles. The van der Waals surface area contributed by atoms with Crippen molar-refractivity contribution in [1.29, 1.82) is 0 Å². The molecule has 2 aliphatic heterocycles. The van der Waals surface area contributed by atoms with E-state index in [0.717, 1.165) is 48.8 Å². The fourth-order valence-corrected chi connectivity index (χ4v) is 6.53. The van der Waals surface area contributed by atoms with Crippen LogP contribution < -0.4 is 10.6 Å². The average molecular weight is 551 g/mol. The highest BCUT2D eigenvalue weighted by atomic mass is 32.1. The van der Waals surface area contributed by atoms with E-state index in [0.29, 0.717) is 37.7 Å². The van der Waals surface area contributed by atoms with Gasteiger partial charge in [0.2, 0.25) is 11.9 Å². The molecule has 2 saturated heterocycles. The van der Waals surface area contributed by atoms with Gasteiger partial charge in [-0.2, -0.15) is 0 Å². The van der Waals surface area contributed by atoms with Crippen molar-refractivity contribution in [1.82, 2.24) is 29.7 Å². The lowest BCUT2D eigenvalue weighted by molar-refractivity contribution is -0.144. The molecule has 6 rings (SSSR count). The first-order valence-corrected chi connectivity index (χ1v) is 14.0. The number of thiophene rings is 1. The van der Waals surface area contributed by atoms with Gasteiger partial charge in [0.1, 0.15) is 11.6 Å². The number of hydrogen-bond acceptors (Lipinski definition) is 12. The molecule has 1 aliphatic carbocycles. The molecule has 0 atom stereocenters. The monoisotopic (exact) mass is 550 g/mol. The first-order chi connectivity index (χ1) is 18.9. The zero-order valence-corrected chi connectivity index (χ0v) is 22.4. The predicted molar refractivity (Wildman–Crippen MR) is 145 cm³/mol. The molecule has 0 unspecified atom stereocenters. The maximum Gasteiger partial charge on any atom is 0.226 e. The molecule has 3 aliphatic rings. The van der Waals surface area contributed by atoms with Gasteiger partial charge in [0.25, 0.3) is 0 Å². The van der Waals surface area contributed by atoms with Crippen LogP contribution in [0.2, 0.25) is 0 Å². The number of ketones is 2. The molecule has 0 bridgehead atoms.